The largest absolute Gasteiger partial charge is 0.380 e. The average molecular weight is 454 g/mol. The zero-order valence-electron chi connectivity index (χ0n) is 19.0. The van der Waals surface area contributed by atoms with E-state index in [4.69, 9.17) is 5.73 Å². The van der Waals surface area contributed by atoms with E-state index in [-0.39, 0.29) is 11.9 Å². The molecule has 2 aromatic heterocycles. The molecule has 34 heavy (non-hydrogen) atoms. The number of benzene rings is 2. The summed E-state index contributed by atoms with van der Waals surface area (Å²) in [5, 5.41) is 10.9. The van der Waals surface area contributed by atoms with Crippen LogP contribution in [-0.2, 0) is 6.54 Å². The highest BCUT2D eigenvalue weighted by Crippen LogP contribution is 2.36. The number of hydrogen-bond acceptors (Lipinski definition) is 4. The number of primary amides is 1. The number of amides is 2. The van der Waals surface area contributed by atoms with Gasteiger partial charge in [0.2, 0.25) is 0 Å². The van der Waals surface area contributed by atoms with Gasteiger partial charge in [0, 0.05) is 29.9 Å². The molecule has 1 fully saturated rings. The van der Waals surface area contributed by atoms with Gasteiger partial charge in [0.1, 0.15) is 0 Å². The molecule has 1 atom stereocenters. The molecule has 0 aliphatic heterocycles. The Morgan fingerprint density at radius 2 is 1.88 bits per heavy atom. The Morgan fingerprint density at radius 3 is 2.62 bits per heavy atom. The molecule has 7 heteroatoms. The Hall–Kier alpha value is -4.13. The first-order valence-electron chi connectivity index (χ1n) is 11.5. The van der Waals surface area contributed by atoms with Gasteiger partial charge in [0.15, 0.2) is 0 Å². The van der Waals surface area contributed by atoms with E-state index in [1.165, 1.54) is 19.0 Å². The Labute approximate surface area is 198 Å². The highest BCUT2D eigenvalue weighted by molar-refractivity contribution is 6.02. The predicted molar refractivity (Wildman–Crippen MR) is 133 cm³/mol. The van der Waals surface area contributed by atoms with Crippen LogP contribution >= 0.6 is 0 Å². The van der Waals surface area contributed by atoms with Crippen LogP contribution in [0.25, 0.3) is 16.6 Å². The van der Waals surface area contributed by atoms with E-state index < -0.39 is 5.91 Å². The van der Waals surface area contributed by atoms with Crippen LogP contribution in [0.4, 0.5) is 5.69 Å². The molecular weight excluding hydrogens is 426 g/mol. The lowest BCUT2D eigenvalue weighted by Crippen LogP contribution is -2.22. The molecule has 1 aliphatic rings. The van der Waals surface area contributed by atoms with Crippen molar-refractivity contribution in [1.29, 1.82) is 0 Å². The lowest BCUT2D eigenvalue weighted by Gasteiger charge is -2.17. The first kappa shape index (κ1) is 21.7. The molecule has 2 heterocycles. The minimum Gasteiger partial charge on any atom is -0.380 e. The molecule has 172 valence electrons. The smallest absolute Gasteiger partial charge is 0.252 e. The summed E-state index contributed by atoms with van der Waals surface area (Å²) in [6.07, 6.45) is 5.86. The van der Waals surface area contributed by atoms with Gasteiger partial charge in [-0.2, -0.15) is 5.10 Å². The number of anilines is 1. The molecule has 1 aliphatic carbocycles. The van der Waals surface area contributed by atoms with Crippen molar-refractivity contribution in [1.82, 2.24) is 14.9 Å². The number of rotatable bonds is 8. The molecule has 2 amide bonds. The van der Waals surface area contributed by atoms with Gasteiger partial charge < -0.3 is 16.4 Å². The van der Waals surface area contributed by atoms with Crippen LogP contribution < -0.4 is 16.4 Å². The third kappa shape index (κ3) is 4.50. The number of carbonyl (C=O) groups excluding carboxylic acids is 2. The third-order valence-corrected chi connectivity index (χ3v) is 6.35. The fourth-order valence-electron chi connectivity index (χ4n) is 4.23. The van der Waals surface area contributed by atoms with Gasteiger partial charge in [-0.05, 0) is 61.1 Å². The van der Waals surface area contributed by atoms with Crippen molar-refractivity contribution >= 4 is 23.0 Å². The Morgan fingerprint density at radius 1 is 1.09 bits per heavy atom. The summed E-state index contributed by atoms with van der Waals surface area (Å²) in [5.74, 6) is 0.00911. The van der Waals surface area contributed by atoms with Crippen LogP contribution in [0.15, 0.2) is 73.1 Å². The van der Waals surface area contributed by atoms with E-state index in [2.05, 4.69) is 28.7 Å². The molecule has 0 radical (unpaired) electrons. The van der Waals surface area contributed by atoms with E-state index in [9.17, 15) is 9.59 Å². The van der Waals surface area contributed by atoms with Crippen LogP contribution in [0, 0.1) is 5.92 Å². The quantitative estimate of drug-likeness (QED) is 0.371. The minimum atomic E-state index is -0.501. The first-order chi connectivity index (χ1) is 16.5. The van der Waals surface area contributed by atoms with Crippen LogP contribution in [0.3, 0.4) is 0 Å². The SMILES string of the molecule is CC(Nc1c(C(N)=O)cnn2cc(-c3cccc(CNC(=O)c4ccccc4)c3)cc12)C1CC1. The number of nitrogens with zero attached hydrogens (tertiary/aromatic N) is 2. The van der Waals surface area contributed by atoms with Crippen molar-refractivity contribution in [3.8, 4) is 11.1 Å². The van der Waals surface area contributed by atoms with Crippen LogP contribution in [0.5, 0.6) is 0 Å². The molecule has 0 saturated heterocycles. The maximum atomic E-state index is 12.4. The van der Waals surface area contributed by atoms with E-state index in [0.29, 0.717) is 23.6 Å². The maximum Gasteiger partial charge on any atom is 0.252 e. The van der Waals surface area contributed by atoms with Gasteiger partial charge >= 0.3 is 0 Å². The molecule has 0 spiro atoms. The number of fused-ring (bicyclic) bond motifs is 1. The van der Waals surface area contributed by atoms with Crippen molar-refractivity contribution in [2.45, 2.75) is 32.4 Å². The molecule has 4 aromatic rings. The van der Waals surface area contributed by atoms with Crippen molar-refractivity contribution < 1.29 is 9.59 Å². The monoisotopic (exact) mass is 453 g/mol. The van der Waals surface area contributed by atoms with E-state index in [0.717, 1.165) is 27.9 Å². The van der Waals surface area contributed by atoms with Crippen LogP contribution in [-0.4, -0.2) is 27.5 Å². The van der Waals surface area contributed by atoms with Crippen molar-refractivity contribution in [3.63, 3.8) is 0 Å². The number of aromatic nitrogens is 2. The summed E-state index contributed by atoms with van der Waals surface area (Å²) < 4.78 is 1.77. The van der Waals surface area contributed by atoms with Crippen molar-refractivity contribution in [2.75, 3.05) is 5.32 Å². The molecular formula is C27H27N5O2. The number of hydrogen-bond donors (Lipinski definition) is 3. The van der Waals surface area contributed by atoms with Gasteiger partial charge in [-0.25, -0.2) is 4.52 Å². The average Bonchev–Trinajstić information content (AvgIpc) is 3.62. The van der Waals surface area contributed by atoms with Gasteiger partial charge in [0.25, 0.3) is 11.8 Å². The Balaban J connectivity index is 1.42. The molecule has 4 N–H and O–H groups in total. The normalized spacial score (nSPS) is 14.0. The van der Waals surface area contributed by atoms with Crippen molar-refractivity contribution in [2.24, 2.45) is 11.7 Å². The zero-order valence-corrected chi connectivity index (χ0v) is 19.0. The van der Waals surface area contributed by atoms with E-state index in [1.54, 1.807) is 16.6 Å². The predicted octanol–water partition coefficient (Wildman–Crippen LogP) is 4.24. The second-order valence-corrected chi connectivity index (χ2v) is 8.88. The summed E-state index contributed by atoms with van der Waals surface area (Å²) in [4.78, 5) is 24.5. The highest BCUT2D eigenvalue weighted by atomic mass is 16.2. The lowest BCUT2D eigenvalue weighted by molar-refractivity contribution is 0.0949. The van der Waals surface area contributed by atoms with Crippen molar-refractivity contribution in [3.05, 3.63) is 89.7 Å². The van der Waals surface area contributed by atoms with Gasteiger partial charge in [-0.1, -0.05) is 36.4 Å². The summed E-state index contributed by atoms with van der Waals surface area (Å²) in [6, 6.07) is 19.5. The molecule has 1 unspecified atom stereocenters. The van der Waals surface area contributed by atoms with Gasteiger partial charge in [-0.3, -0.25) is 9.59 Å². The summed E-state index contributed by atoms with van der Waals surface area (Å²) in [7, 11) is 0. The zero-order chi connectivity index (χ0) is 23.7. The summed E-state index contributed by atoms with van der Waals surface area (Å²) in [6.45, 7) is 2.56. The summed E-state index contributed by atoms with van der Waals surface area (Å²) in [5.41, 5.74) is 11.2. The topological polar surface area (TPSA) is 102 Å². The van der Waals surface area contributed by atoms with Crippen LogP contribution in [0.2, 0.25) is 0 Å². The minimum absolute atomic E-state index is 0.107. The van der Waals surface area contributed by atoms with Crippen LogP contribution in [0.1, 0.15) is 46.0 Å². The third-order valence-electron chi connectivity index (χ3n) is 6.35. The number of carbonyl (C=O) groups is 2. The second-order valence-electron chi connectivity index (χ2n) is 8.88. The molecule has 1 saturated carbocycles. The number of nitrogens with one attached hydrogen (secondary N) is 2. The van der Waals surface area contributed by atoms with E-state index in [1.807, 2.05) is 48.7 Å². The standard InChI is InChI=1S/C27H27N5O2/c1-17(19-10-11-19)31-25-23(26(28)33)15-30-32-16-22(13-24(25)32)21-9-5-6-18(12-21)14-29-27(34)20-7-3-2-4-8-20/h2-9,12-13,15-17,19,31H,10-11,14H2,1H3,(H2,28,33)(H,29,34). The Kier molecular flexibility index (Phi) is 5.76. The van der Waals surface area contributed by atoms with Gasteiger partial charge in [0.05, 0.1) is 23.0 Å². The molecule has 5 rings (SSSR count). The molecule has 0 bridgehead atoms. The van der Waals surface area contributed by atoms with Gasteiger partial charge in [-0.15, -0.1) is 0 Å². The molecule has 7 nitrogen and oxygen atoms in total. The summed E-state index contributed by atoms with van der Waals surface area (Å²) >= 11 is 0. The molecule has 2 aromatic carbocycles. The fraction of sp³-hybridized carbons (Fsp3) is 0.222. The fourth-order valence-corrected chi connectivity index (χ4v) is 4.23. The van der Waals surface area contributed by atoms with E-state index >= 15 is 0 Å². The number of nitrogens with two attached hydrogens (primary N) is 1. The first-order valence-corrected chi connectivity index (χ1v) is 11.5. The lowest BCUT2D eigenvalue weighted by atomic mass is 10.1. The highest BCUT2D eigenvalue weighted by Gasteiger charge is 2.29. The maximum absolute atomic E-state index is 12.4. The Bertz CT molecular complexity index is 1360. The second kappa shape index (κ2) is 9.02.